The molecule has 5 unspecified atom stereocenters. The van der Waals surface area contributed by atoms with Crippen molar-refractivity contribution in [2.45, 2.75) is 97.4 Å². The van der Waals surface area contributed by atoms with E-state index in [1.807, 2.05) is 32.9 Å². The molecule has 0 radical (unpaired) electrons. The number of hydrogen-bond acceptors (Lipinski definition) is 4. The summed E-state index contributed by atoms with van der Waals surface area (Å²) in [4.78, 5) is 50.9. The summed E-state index contributed by atoms with van der Waals surface area (Å²) in [7, 11) is 0. The van der Waals surface area contributed by atoms with Gasteiger partial charge in [0.05, 0.1) is 23.7 Å². The minimum atomic E-state index is -1.52. The Labute approximate surface area is 325 Å². The maximum Gasteiger partial charge on any atom is 0.308 e. The van der Waals surface area contributed by atoms with Crippen LogP contribution in [-0.4, -0.2) is 39.5 Å². The van der Waals surface area contributed by atoms with Gasteiger partial charge in [-0.3, -0.25) is 19.2 Å². The molecule has 1 aliphatic carbocycles. The van der Waals surface area contributed by atoms with Crippen LogP contribution in [0.5, 0.6) is 0 Å². The van der Waals surface area contributed by atoms with Crippen LogP contribution in [0.25, 0.3) is 11.1 Å². The number of carbonyl (C=O) groups is 4. The zero-order valence-corrected chi connectivity index (χ0v) is 33.0. The lowest BCUT2D eigenvalue weighted by atomic mass is 9.55. The Kier molecular flexibility index (Phi) is 13.0. The molecule has 8 heteroatoms. The second kappa shape index (κ2) is 17.5. The van der Waals surface area contributed by atoms with Gasteiger partial charge in [-0.2, -0.15) is 0 Å². The number of anilines is 1. The largest absolute Gasteiger partial charge is 0.481 e. The normalized spacial score (nSPS) is 19.1. The Hall–Kier alpha value is -5.24. The maximum atomic E-state index is 13.4. The summed E-state index contributed by atoms with van der Waals surface area (Å²) in [5, 5.41) is 25.3. The van der Waals surface area contributed by atoms with Crippen LogP contribution >= 0.6 is 0 Å². The summed E-state index contributed by atoms with van der Waals surface area (Å²) in [6.07, 6.45) is 6.27. The molecule has 8 nitrogen and oxygen atoms in total. The Bertz CT molecular complexity index is 1950. The van der Waals surface area contributed by atoms with E-state index >= 15 is 0 Å². The van der Waals surface area contributed by atoms with E-state index in [1.165, 1.54) is 29.5 Å². The van der Waals surface area contributed by atoms with E-state index in [1.54, 1.807) is 12.1 Å². The van der Waals surface area contributed by atoms with E-state index in [-0.39, 0.29) is 5.41 Å². The SMILES string of the molecule is CCCC(C)(CC)c1ccc(Cc2ccc(-c3ccc(Cc4ccc(NC(=O)C5C(C(=O)O)C(C(=O)O)C5C(=O)NC(C)(CC)CC)cc4)cc3)cc2)cc1. The van der Waals surface area contributed by atoms with Crippen LogP contribution in [0.3, 0.4) is 0 Å². The predicted octanol–water partition coefficient (Wildman–Crippen LogP) is 9.28. The highest BCUT2D eigenvalue weighted by molar-refractivity contribution is 6.04. The fourth-order valence-electron chi connectivity index (χ4n) is 7.96. The standard InChI is InChI=1S/C47H56N2O6/c1-7-27-46(5,8-2)36-23-15-32(16-24-36)28-30-11-19-34(20-12-30)35-21-13-31(14-22-35)29-33-17-25-37(26-18-33)48-42(50)38-39(41(45(54)55)40(38)44(52)53)43(51)49-47(6,9-3)10-4/h11-26,38-41H,7-10,27-29H2,1-6H3,(H,48,50)(H,49,51)(H,52,53)(H,54,55). The Balaban J connectivity index is 1.18. The number of carbonyl (C=O) groups excluding carboxylic acids is 2. The highest BCUT2D eigenvalue weighted by atomic mass is 16.4. The van der Waals surface area contributed by atoms with Crippen LogP contribution in [0.15, 0.2) is 97.1 Å². The molecule has 4 aromatic rings. The van der Waals surface area contributed by atoms with E-state index < -0.39 is 53.0 Å². The smallest absolute Gasteiger partial charge is 0.308 e. The fraction of sp³-hybridized carbons (Fsp3) is 0.404. The third-order valence-corrected chi connectivity index (χ3v) is 12.2. The van der Waals surface area contributed by atoms with Crippen molar-refractivity contribution >= 4 is 29.4 Å². The number of rotatable bonds is 17. The van der Waals surface area contributed by atoms with Gasteiger partial charge in [0.15, 0.2) is 0 Å². The lowest BCUT2D eigenvalue weighted by Gasteiger charge is -2.46. The van der Waals surface area contributed by atoms with Gasteiger partial charge in [0.1, 0.15) is 0 Å². The molecule has 0 spiro atoms. The minimum Gasteiger partial charge on any atom is -0.481 e. The molecule has 1 fully saturated rings. The van der Waals surface area contributed by atoms with Gasteiger partial charge in [0.2, 0.25) is 11.8 Å². The van der Waals surface area contributed by atoms with E-state index in [2.05, 4.69) is 104 Å². The van der Waals surface area contributed by atoms with Crippen LogP contribution in [0.2, 0.25) is 0 Å². The third-order valence-electron chi connectivity index (χ3n) is 12.2. The van der Waals surface area contributed by atoms with Crippen molar-refractivity contribution in [3.05, 3.63) is 125 Å². The molecule has 1 aliphatic rings. The molecule has 55 heavy (non-hydrogen) atoms. The highest BCUT2D eigenvalue weighted by Crippen LogP contribution is 2.48. The summed E-state index contributed by atoms with van der Waals surface area (Å²) < 4.78 is 0. The molecule has 2 amide bonds. The Morgan fingerprint density at radius 1 is 0.545 bits per heavy atom. The lowest BCUT2D eigenvalue weighted by Crippen LogP contribution is -2.64. The van der Waals surface area contributed by atoms with Crippen molar-refractivity contribution < 1.29 is 29.4 Å². The van der Waals surface area contributed by atoms with Gasteiger partial charge in [-0.05, 0) is 102 Å². The van der Waals surface area contributed by atoms with Gasteiger partial charge in [0.25, 0.3) is 0 Å². The summed E-state index contributed by atoms with van der Waals surface area (Å²) in [5.74, 6) is -9.76. The highest BCUT2D eigenvalue weighted by Gasteiger charge is 2.64. The van der Waals surface area contributed by atoms with Crippen molar-refractivity contribution in [2.24, 2.45) is 23.7 Å². The molecule has 4 N–H and O–H groups in total. The van der Waals surface area contributed by atoms with Crippen LogP contribution < -0.4 is 10.6 Å². The van der Waals surface area contributed by atoms with Gasteiger partial charge < -0.3 is 20.8 Å². The molecule has 0 heterocycles. The molecular weight excluding hydrogens is 689 g/mol. The number of benzene rings is 4. The van der Waals surface area contributed by atoms with Crippen LogP contribution in [0.1, 0.15) is 101 Å². The lowest BCUT2D eigenvalue weighted by molar-refractivity contribution is -0.180. The maximum absolute atomic E-state index is 13.4. The molecule has 1 saturated carbocycles. The second-order valence-corrected chi connectivity index (χ2v) is 15.8. The zero-order valence-electron chi connectivity index (χ0n) is 33.0. The first kappa shape index (κ1) is 40.9. The molecule has 0 aliphatic heterocycles. The molecule has 5 atom stereocenters. The molecule has 290 valence electrons. The number of hydrogen-bond donors (Lipinski definition) is 4. The van der Waals surface area contributed by atoms with Crippen molar-refractivity contribution in [1.29, 1.82) is 0 Å². The average molecular weight is 745 g/mol. The van der Waals surface area contributed by atoms with Crippen molar-refractivity contribution in [2.75, 3.05) is 5.32 Å². The average Bonchev–Trinajstić information content (AvgIpc) is 3.15. The molecule has 4 aromatic carbocycles. The van der Waals surface area contributed by atoms with Gasteiger partial charge in [0, 0.05) is 11.2 Å². The fourth-order valence-corrected chi connectivity index (χ4v) is 7.96. The minimum absolute atomic E-state index is 0.232. The van der Waals surface area contributed by atoms with E-state index in [9.17, 15) is 29.4 Å². The number of carboxylic acids is 2. The molecule has 0 bridgehead atoms. The van der Waals surface area contributed by atoms with Gasteiger partial charge in [-0.1, -0.05) is 126 Å². The van der Waals surface area contributed by atoms with E-state index in [0.29, 0.717) is 24.9 Å². The number of carboxylic acid groups (broad SMARTS) is 2. The van der Waals surface area contributed by atoms with Crippen molar-refractivity contribution in [3.63, 3.8) is 0 Å². The van der Waals surface area contributed by atoms with E-state index in [4.69, 9.17) is 0 Å². The first-order valence-electron chi connectivity index (χ1n) is 19.7. The molecule has 5 rings (SSSR count). The Morgan fingerprint density at radius 2 is 0.945 bits per heavy atom. The predicted molar refractivity (Wildman–Crippen MR) is 218 cm³/mol. The van der Waals surface area contributed by atoms with Crippen LogP contribution in [-0.2, 0) is 37.4 Å². The van der Waals surface area contributed by atoms with Gasteiger partial charge in [-0.25, -0.2) is 0 Å². The summed E-state index contributed by atoms with van der Waals surface area (Å²) in [5.41, 5.74) is 8.49. The summed E-state index contributed by atoms with van der Waals surface area (Å²) >= 11 is 0. The third kappa shape index (κ3) is 9.35. The second-order valence-electron chi connectivity index (χ2n) is 15.8. The van der Waals surface area contributed by atoms with Gasteiger partial charge in [-0.15, -0.1) is 0 Å². The zero-order chi connectivity index (χ0) is 39.9. The molecule has 0 aromatic heterocycles. The van der Waals surface area contributed by atoms with Crippen LogP contribution in [0, 0.1) is 23.7 Å². The van der Waals surface area contributed by atoms with E-state index in [0.717, 1.165) is 35.1 Å². The van der Waals surface area contributed by atoms with Crippen molar-refractivity contribution in [1.82, 2.24) is 5.32 Å². The first-order chi connectivity index (χ1) is 26.2. The van der Waals surface area contributed by atoms with Gasteiger partial charge >= 0.3 is 11.9 Å². The first-order valence-corrected chi connectivity index (χ1v) is 19.7. The number of aliphatic carboxylic acids is 2. The molecule has 0 saturated heterocycles. The molecular formula is C47H56N2O6. The summed E-state index contributed by atoms with van der Waals surface area (Å²) in [6.45, 7) is 12.5. The van der Waals surface area contributed by atoms with Crippen LogP contribution in [0.4, 0.5) is 5.69 Å². The summed E-state index contributed by atoms with van der Waals surface area (Å²) in [6, 6.07) is 33.6. The quantitative estimate of drug-likeness (QED) is 0.0852. The van der Waals surface area contributed by atoms with Crippen molar-refractivity contribution in [3.8, 4) is 11.1 Å². The monoisotopic (exact) mass is 744 g/mol. The topological polar surface area (TPSA) is 133 Å². The number of nitrogens with one attached hydrogen (secondary N) is 2. The Morgan fingerprint density at radius 3 is 1.33 bits per heavy atom. The number of amides is 2.